The molecule has 7 heteroatoms. The van der Waals surface area contributed by atoms with Gasteiger partial charge in [0.25, 0.3) is 0 Å². The smallest absolute Gasteiger partial charge is 0.313 e. The van der Waals surface area contributed by atoms with Crippen LogP contribution in [0, 0.1) is 0 Å². The molecule has 2 rings (SSSR count). The van der Waals surface area contributed by atoms with Crippen LogP contribution in [0.3, 0.4) is 0 Å². The minimum atomic E-state index is -0.716. The zero-order chi connectivity index (χ0) is 15.8. The summed E-state index contributed by atoms with van der Waals surface area (Å²) < 4.78 is 7.01. The molecule has 0 spiro atoms. The average molecular weight is 302 g/mol. The van der Waals surface area contributed by atoms with Crippen molar-refractivity contribution in [3.05, 3.63) is 43.0 Å². The van der Waals surface area contributed by atoms with Crippen LogP contribution in [-0.4, -0.2) is 35.0 Å². The van der Waals surface area contributed by atoms with Crippen LogP contribution in [0.4, 0.5) is 5.69 Å². The first-order valence-electron chi connectivity index (χ1n) is 6.88. The van der Waals surface area contributed by atoms with Crippen molar-refractivity contribution in [1.29, 1.82) is 0 Å². The van der Waals surface area contributed by atoms with Gasteiger partial charge in [-0.15, -0.1) is 0 Å². The molecule has 2 aromatic rings. The molecular weight excluding hydrogens is 284 g/mol. The summed E-state index contributed by atoms with van der Waals surface area (Å²) in [5, 5.41) is 5.10. The van der Waals surface area contributed by atoms with Gasteiger partial charge in [0.1, 0.15) is 5.75 Å². The van der Waals surface area contributed by atoms with Crippen molar-refractivity contribution < 1.29 is 14.3 Å². The van der Waals surface area contributed by atoms with Gasteiger partial charge in [-0.3, -0.25) is 9.59 Å². The second-order valence-corrected chi connectivity index (χ2v) is 4.56. The normalized spacial score (nSPS) is 10.0. The maximum Gasteiger partial charge on any atom is 0.313 e. The molecule has 0 saturated carbocycles. The van der Waals surface area contributed by atoms with Crippen LogP contribution < -0.4 is 15.4 Å². The van der Waals surface area contributed by atoms with E-state index in [4.69, 9.17) is 4.74 Å². The Balaban J connectivity index is 1.76. The molecule has 1 aromatic heterocycles. The first kappa shape index (κ1) is 15.6. The molecule has 0 unspecified atom stereocenters. The number of para-hydroxylation sites is 2. The molecule has 22 heavy (non-hydrogen) atoms. The number of rotatable bonds is 6. The van der Waals surface area contributed by atoms with Gasteiger partial charge in [-0.2, -0.15) is 0 Å². The zero-order valence-electron chi connectivity index (χ0n) is 12.3. The third kappa shape index (κ3) is 4.34. The number of imidazole rings is 1. The van der Waals surface area contributed by atoms with Gasteiger partial charge < -0.3 is 19.9 Å². The summed E-state index contributed by atoms with van der Waals surface area (Å²) in [6, 6.07) is 6.91. The SMILES string of the molecule is COc1ccccc1NC(=O)C(=O)NCCCn1ccnc1. The van der Waals surface area contributed by atoms with E-state index in [1.807, 2.05) is 10.8 Å². The third-order valence-electron chi connectivity index (χ3n) is 3.00. The molecule has 1 heterocycles. The topological polar surface area (TPSA) is 85.2 Å². The van der Waals surface area contributed by atoms with E-state index in [9.17, 15) is 9.59 Å². The zero-order valence-corrected chi connectivity index (χ0v) is 12.3. The highest BCUT2D eigenvalue weighted by molar-refractivity contribution is 6.39. The van der Waals surface area contributed by atoms with E-state index < -0.39 is 11.8 Å². The minimum Gasteiger partial charge on any atom is -0.495 e. The van der Waals surface area contributed by atoms with E-state index >= 15 is 0 Å². The Kier molecular flexibility index (Phi) is 5.53. The Bertz CT molecular complexity index is 625. The van der Waals surface area contributed by atoms with Crippen molar-refractivity contribution >= 4 is 17.5 Å². The van der Waals surface area contributed by atoms with E-state index in [0.29, 0.717) is 24.4 Å². The Morgan fingerprint density at radius 2 is 2.09 bits per heavy atom. The number of methoxy groups -OCH3 is 1. The molecule has 0 radical (unpaired) electrons. The lowest BCUT2D eigenvalue weighted by atomic mass is 10.3. The molecule has 116 valence electrons. The summed E-state index contributed by atoms with van der Waals surface area (Å²) in [6.45, 7) is 1.14. The van der Waals surface area contributed by atoms with Crippen LogP contribution >= 0.6 is 0 Å². The number of aryl methyl sites for hydroxylation is 1. The second kappa shape index (κ2) is 7.82. The lowest BCUT2D eigenvalue weighted by Crippen LogP contribution is -2.36. The minimum absolute atomic E-state index is 0.413. The number of ether oxygens (including phenoxy) is 1. The molecule has 2 N–H and O–H groups in total. The largest absolute Gasteiger partial charge is 0.495 e. The number of benzene rings is 1. The van der Waals surface area contributed by atoms with Gasteiger partial charge in [-0.25, -0.2) is 4.98 Å². The predicted molar refractivity (Wildman–Crippen MR) is 81.5 cm³/mol. The molecular formula is C15H18N4O3. The predicted octanol–water partition coefficient (Wildman–Crippen LogP) is 1.04. The van der Waals surface area contributed by atoms with Crippen LogP contribution in [0.25, 0.3) is 0 Å². The van der Waals surface area contributed by atoms with E-state index in [-0.39, 0.29) is 0 Å². The number of hydrogen-bond acceptors (Lipinski definition) is 4. The Morgan fingerprint density at radius 1 is 1.27 bits per heavy atom. The molecule has 0 atom stereocenters. The van der Waals surface area contributed by atoms with E-state index in [1.165, 1.54) is 7.11 Å². The van der Waals surface area contributed by atoms with Crippen molar-refractivity contribution in [3.63, 3.8) is 0 Å². The van der Waals surface area contributed by atoms with Gasteiger partial charge in [0, 0.05) is 25.5 Å². The molecule has 0 bridgehead atoms. The summed E-state index contributed by atoms with van der Waals surface area (Å²) in [5.41, 5.74) is 0.462. The molecule has 0 saturated heterocycles. The summed E-state index contributed by atoms with van der Waals surface area (Å²) in [5.74, 6) is -0.882. The van der Waals surface area contributed by atoms with Crippen molar-refractivity contribution in [3.8, 4) is 5.75 Å². The highest BCUT2D eigenvalue weighted by Crippen LogP contribution is 2.22. The fourth-order valence-corrected chi connectivity index (χ4v) is 1.89. The number of amides is 2. The van der Waals surface area contributed by atoms with Gasteiger partial charge in [0.2, 0.25) is 0 Å². The number of carbonyl (C=O) groups excluding carboxylic acids is 2. The number of hydrogen-bond donors (Lipinski definition) is 2. The van der Waals surface area contributed by atoms with Gasteiger partial charge in [0.15, 0.2) is 0 Å². The fourth-order valence-electron chi connectivity index (χ4n) is 1.89. The number of aromatic nitrogens is 2. The van der Waals surface area contributed by atoms with Crippen LogP contribution in [0.1, 0.15) is 6.42 Å². The van der Waals surface area contributed by atoms with Crippen LogP contribution in [0.15, 0.2) is 43.0 Å². The van der Waals surface area contributed by atoms with Crippen molar-refractivity contribution in [2.24, 2.45) is 0 Å². The maximum absolute atomic E-state index is 11.8. The molecule has 0 aliphatic heterocycles. The number of carbonyl (C=O) groups is 2. The quantitative estimate of drug-likeness (QED) is 0.616. The summed E-state index contributed by atoms with van der Waals surface area (Å²) in [6.07, 6.45) is 5.95. The molecule has 0 aliphatic carbocycles. The third-order valence-corrected chi connectivity index (χ3v) is 3.00. The Labute approximate surface area is 128 Å². The van der Waals surface area contributed by atoms with E-state index in [1.54, 1.807) is 36.8 Å². The van der Waals surface area contributed by atoms with E-state index in [2.05, 4.69) is 15.6 Å². The highest BCUT2D eigenvalue weighted by atomic mass is 16.5. The van der Waals surface area contributed by atoms with Crippen molar-refractivity contribution in [2.75, 3.05) is 19.0 Å². The first-order valence-corrected chi connectivity index (χ1v) is 6.88. The number of nitrogens with zero attached hydrogens (tertiary/aromatic N) is 2. The molecule has 2 amide bonds. The van der Waals surface area contributed by atoms with Gasteiger partial charge in [-0.05, 0) is 18.6 Å². The summed E-state index contributed by atoms with van der Waals surface area (Å²) in [7, 11) is 1.50. The Morgan fingerprint density at radius 3 is 2.82 bits per heavy atom. The second-order valence-electron chi connectivity index (χ2n) is 4.56. The molecule has 1 aromatic carbocycles. The van der Waals surface area contributed by atoms with Gasteiger partial charge in [0.05, 0.1) is 19.1 Å². The van der Waals surface area contributed by atoms with Gasteiger partial charge in [-0.1, -0.05) is 12.1 Å². The lowest BCUT2D eigenvalue weighted by molar-refractivity contribution is -0.136. The number of nitrogens with one attached hydrogen (secondary N) is 2. The summed E-state index contributed by atoms with van der Waals surface area (Å²) >= 11 is 0. The monoisotopic (exact) mass is 302 g/mol. The van der Waals surface area contributed by atoms with Crippen LogP contribution in [-0.2, 0) is 16.1 Å². The Hall–Kier alpha value is -2.83. The molecule has 0 aliphatic rings. The average Bonchev–Trinajstić information content (AvgIpc) is 3.05. The first-order chi connectivity index (χ1) is 10.7. The highest BCUT2D eigenvalue weighted by Gasteiger charge is 2.14. The standard InChI is InChI=1S/C15H18N4O3/c1-22-13-6-3-2-5-12(13)18-15(21)14(20)17-7-4-9-19-10-8-16-11-19/h2-3,5-6,8,10-11H,4,7,9H2,1H3,(H,17,20)(H,18,21). The van der Waals surface area contributed by atoms with Gasteiger partial charge >= 0.3 is 11.8 Å². The van der Waals surface area contributed by atoms with Crippen molar-refractivity contribution in [2.45, 2.75) is 13.0 Å². The molecule has 0 fully saturated rings. The van der Waals surface area contributed by atoms with Crippen LogP contribution in [0.5, 0.6) is 5.75 Å². The molecule has 7 nitrogen and oxygen atoms in total. The van der Waals surface area contributed by atoms with Crippen molar-refractivity contribution in [1.82, 2.24) is 14.9 Å². The van der Waals surface area contributed by atoms with E-state index in [0.717, 1.165) is 6.54 Å². The maximum atomic E-state index is 11.8. The summed E-state index contributed by atoms with van der Waals surface area (Å²) in [4.78, 5) is 27.5. The fraction of sp³-hybridized carbons (Fsp3) is 0.267. The lowest BCUT2D eigenvalue weighted by Gasteiger charge is -2.10. The van der Waals surface area contributed by atoms with Crippen LogP contribution in [0.2, 0.25) is 0 Å². The number of anilines is 1.